The first-order chi connectivity index (χ1) is 13.9. The van der Waals surface area contributed by atoms with E-state index in [4.69, 9.17) is 0 Å². The number of rotatable bonds is 2. The van der Waals surface area contributed by atoms with Crippen LogP contribution >= 0.6 is 0 Å². The zero-order valence-corrected chi connectivity index (χ0v) is 18.0. The van der Waals surface area contributed by atoms with Crippen LogP contribution in [0.15, 0.2) is 42.3 Å². The molecule has 3 heteroatoms. The molecule has 0 aromatic carbocycles. The number of fused-ring (bicyclic) bond motifs is 5. The number of pyridine rings is 1. The maximum absolute atomic E-state index is 11.9. The minimum atomic E-state index is 0.101. The molecule has 3 saturated carbocycles. The minimum Gasteiger partial charge on any atom is -0.349 e. The smallest absolute Gasteiger partial charge is 0.243 e. The van der Waals surface area contributed by atoms with Gasteiger partial charge in [-0.15, -0.1) is 0 Å². The Morgan fingerprint density at radius 2 is 1.90 bits per heavy atom. The van der Waals surface area contributed by atoms with Crippen LogP contribution in [0.1, 0.15) is 64.9 Å². The number of carbonyl (C=O) groups is 1. The van der Waals surface area contributed by atoms with Crippen molar-refractivity contribution < 1.29 is 4.79 Å². The van der Waals surface area contributed by atoms with Crippen LogP contribution in [-0.2, 0) is 4.79 Å². The largest absolute Gasteiger partial charge is 0.349 e. The van der Waals surface area contributed by atoms with Crippen molar-refractivity contribution in [3.63, 3.8) is 0 Å². The van der Waals surface area contributed by atoms with Gasteiger partial charge in [0.2, 0.25) is 5.91 Å². The predicted octanol–water partition coefficient (Wildman–Crippen LogP) is 5.40. The Bertz CT molecular complexity index is 859. The zero-order valence-electron chi connectivity index (χ0n) is 18.0. The van der Waals surface area contributed by atoms with E-state index in [1.807, 2.05) is 12.4 Å². The van der Waals surface area contributed by atoms with Gasteiger partial charge in [0.1, 0.15) is 0 Å². The minimum absolute atomic E-state index is 0.101. The quantitative estimate of drug-likeness (QED) is 0.735. The van der Waals surface area contributed by atoms with Crippen LogP contribution in [0.5, 0.6) is 0 Å². The molecule has 0 radical (unpaired) electrons. The molecule has 29 heavy (non-hydrogen) atoms. The van der Waals surface area contributed by atoms with E-state index in [0.717, 1.165) is 18.3 Å². The Morgan fingerprint density at radius 3 is 2.69 bits per heavy atom. The van der Waals surface area contributed by atoms with Crippen molar-refractivity contribution >= 4 is 12.0 Å². The molecule has 0 spiro atoms. The molecule has 3 aliphatic carbocycles. The topological polar surface area (TPSA) is 42.0 Å². The summed E-state index contributed by atoms with van der Waals surface area (Å²) in [5.41, 5.74) is 3.37. The van der Waals surface area contributed by atoms with Crippen LogP contribution in [0.2, 0.25) is 0 Å². The summed E-state index contributed by atoms with van der Waals surface area (Å²) in [6, 6.07) is 4.55. The van der Waals surface area contributed by atoms with E-state index in [1.54, 1.807) is 11.6 Å². The zero-order chi connectivity index (χ0) is 20.2. The fourth-order valence-corrected chi connectivity index (χ4v) is 7.90. The molecular weight excluding hydrogens is 356 g/mol. The van der Waals surface area contributed by atoms with Crippen molar-refractivity contribution in [3.05, 3.63) is 47.8 Å². The van der Waals surface area contributed by atoms with E-state index in [0.29, 0.717) is 23.3 Å². The summed E-state index contributed by atoms with van der Waals surface area (Å²) in [6.45, 7) is 7.35. The SMILES string of the molecule is C/C(=C\c1ccncc1)[C@H]1CC[C@H]2[C@@H]3CCC4NC(=O)C=C[C@]4(C)[C@H]3CC[C@]12C. The lowest BCUT2D eigenvalue weighted by Crippen LogP contribution is -2.59. The van der Waals surface area contributed by atoms with Crippen LogP contribution in [0.3, 0.4) is 0 Å². The van der Waals surface area contributed by atoms with Crippen LogP contribution in [0.4, 0.5) is 0 Å². The first-order valence-electron chi connectivity index (χ1n) is 11.5. The maximum Gasteiger partial charge on any atom is 0.243 e. The van der Waals surface area contributed by atoms with Gasteiger partial charge in [-0.3, -0.25) is 9.78 Å². The number of nitrogens with zero attached hydrogens (tertiary/aromatic N) is 1. The molecule has 4 aliphatic rings. The number of carbonyl (C=O) groups excluding carboxylic acids is 1. The number of hydrogen-bond donors (Lipinski definition) is 1. The molecule has 1 aliphatic heterocycles. The van der Waals surface area contributed by atoms with Gasteiger partial charge < -0.3 is 5.32 Å². The maximum atomic E-state index is 11.9. The second-order valence-electron chi connectivity index (χ2n) is 10.6. The molecule has 2 heterocycles. The van der Waals surface area contributed by atoms with Gasteiger partial charge in [-0.2, -0.15) is 0 Å². The number of allylic oxidation sites excluding steroid dienone is 1. The summed E-state index contributed by atoms with van der Waals surface area (Å²) in [7, 11) is 0. The van der Waals surface area contributed by atoms with Gasteiger partial charge in [0.05, 0.1) is 0 Å². The molecule has 1 N–H and O–H groups in total. The first kappa shape index (κ1) is 19.1. The highest BCUT2D eigenvalue weighted by molar-refractivity contribution is 5.89. The Balaban J connectivity index is 1.42. The van der Waals surface area contributed by atoms with Crippen LogP contribution < -0.4 is 5.32 Å². The van der Waals surface area contributed by atoms with Gasteiger partial charge in [0.25, 0.3) is 0 Å². The molecule has 1 aromatic rings. The molecule has 0 saturated heterocycles. The summed E-state index contributed by atoms with van der Waals surface area (Å²) in [5.74, 6) is 3.11. The third-order valence-electron chi connectivity index (χ3n) is 9.34. The third-order valence-corrected chi connectivity index (χ3v) is 9.34. The van der Waals surface area contributed by atoms with Crippen molar-refractivity contribution in [1.29, 1.82) is 0 Å². The lowest BCUT2D eigenvalue weighted by Gasteiger charge is -2.59. The van der Waals surface area contributed by atoms with E-state index >= 15 is 0 Å². The normalized spacial score (nSPS) is 43.9. The molecule has 3 nitrogen and oxygen atoms in total. The average molecular weight is 391 g/mol. The third kappa shape index (κ3) is 2.92. The molecule has 0 bridgehead atoms. The summed E-state index contributed by atoms with van der Waals surface area (Å²) in [6.07, 6.45) is 17.9. The van der Waals surface area contributed by atoms with E-state index < -0.39 is 0 Å². The Hall–Kier alpha value is -1.90. The average Bonchev–Trinajstić information content (AvgIpc) is 3.06. The van der Waals surface area contributed by atoms with Gasteiger partial charge in [0.15, 0.2) is 0 Å². The van der Waals surface area contributed by atoms with Crippen molar-refractivity contribution in [2.75, 3.05) is 0 Å². The van der Waals surface area contributed by atoms with Crippen LogP contribution in [0, 0.1) is 34.5 Å². The van der Waals surface area contributed by atoms with Gasteiger partial charge in [0, 0.05) is 23.9 Å². The van der Waals surface area contributed by atoms with E-state index in [2.05, 4.69) is 55.4 Å². The van der Waals surface area contributed by atoms with Crippen molar-refractivity contribution in [2.24, 2.45) is 34.5 Å². The van der Waals surface area contributed by atoms with E-state index in [-0.39, 0.29) is 11.3 Å². The number of aromatic nitrogens is 1. The Kier molecular flexibility index (Phi) is 4.49. The number of hydrogen-bond acceptors (Lipinski definition) is 2. The Morgan fingerprint density at radius 1 is 1.10 bits per heavy atom. The fraction of sp³-hybridized carbons (Fsp3) is 0.615. The van der Waals surface area contributed by atoms with Crippen molar-refractivity contribution in [3.8, 4) is 0 Å². The second kappa shape index (κ2) is 6.82. The van der Waals surface area contributed by atoms with Gasteiger partial charge >= 0.3 is 0 Å². The highest BCUT2D eigenvalue weighted by Gasteiger charge is 2.59. The number of nitrogens with one attached hydrogen (secondary N) is 1. The first-order valence-corrected chi connectivity index (χ1v) is 11.5. The van der Waals surface area contributed by atoms with Crippen LogP contribution in [-0.4, -0.2) is 16.9 Å². The summed E-state index contributed by atoms with van der Waals surface area (Å²) >= 11 is 0. The van der Waals surface area contributed by atoms with Crippen molar-refractivity contribution in [2.45, 2.75) is 65.3 Å². The highest BCUT2D eigenvalue weighted by Crippen LogP contribution is 2.66. The molecule has 7 atom stereocenters. The van der Waals surface area contributed by atoms with Gasteiger partial charge in [-0.1, -0.05) is 31.6 Å². The lowest BCUT2D eigenvalue weighted by atomic mass is 9.47. The monoisotopic (exact) mass is 390 g/mol. The highest BCUT2D eigenvalue weighted by atomic mass is 16.1. The predicted molar refractivity (Wildman–Crippen MR) is 117 cm³/mol. The Labute approximate surface area is 175 Å². The molecule has 1 unspecified atom stereocenters. The molecule has 1 aromatic heterocycles. The van der Waals surface area contributed by atoms with Gasteiger partial charge in [-0.05, 0) is 98.3 Å². The molecule has 5 rings (SSSR count). The van der Waals surface area contributed by atoms with Crippen LogP contribution in [0.25, 0.3) is 6.08 Å². The van der Waals surface area contributed by atoms with E-state index in [9.17, 15) is 4.79 Å². The molecule has 3 fully saturated rings. The molecular formula is C26H34N2O. The summed E-state index contributed by atoms with van der Waals surface area (Å²) in [5, 5.41) is 3.28. The fourth-order valence-electron chi connectivity index (χ4n) is 7.90. The van der Waals surface area contributed by atoms with Gasteiger partial charge in [-0.25, -0.2) is 0 Å². The summed E-state index contributed by atoms with van der Waals surface area (Å²) in [4.78, 5) is 16.1. The standard InChI is InChI=1S/C26H34N2O/c1-17(16-18-10-14-27-15-11-18)20-5-6-21-19-4-7-23-26(3,13-9-24(29)28-23)22(19)8-12-25(20,21)2/h9-11,13-16,19-23H,4-8,12H2,1-3H3,(H,28,29)/b17-16+/t19-,20+,21-,22-,23?,25+,26+/m0/s1. The van der Waals surface area contributed by atoms with Crippen molar-refractivity contribution in [1.82, 2.24) is 10.3 Å². The lowest BCUT2D eigenvalue weighted by molar-refractivity contribution is -0.122. The van der Waals surface area contributed by atoms with E-state index in [1.165, 1.54) is 37.7 Å². The second-order valence-corrected chi connectivity index (χ2v) is 10.6. The summed E-state index contributed by atoms with van der Waals surface area (Å²) < 4.78 is 0. The molecule has 1 amide bonds. The number of amides is 1. The molecule has 154 valence electrons.